The number of benzene rings is 1. The van der Waals surface area contributed by atoms with Crippen molar-refractivity contribution in [3.05, 3.63) is 53.6 Å². The Kier molecular flexibility index (Phi) is 5.39. The number of hydrogen-bond acceptors (Lipinski definition) is 2. The number of halogens is 1. The highest BCUT2D eigenvalue weighted by Gasteiger charge is 2.07. The number of hydrogen-bond donors (Lipinski definition) is 1. The molecule has 3 nitrogen and oxygen atoms in total. The van der Waals surface area contributed by atoms with Crippen LogP contribution >= 0.6 is 0 Å². The molecule has 2 rings (SSSR count). The van der Waals surface area contributed by atoms with Crippen molar-refractivity contribution in [2.24, 2.45) is 5.92 Å². The molecule has 0 aliphatic rings. The van der Waals surface area contributed by atoms with Gasteiger partial charge in [0, 0.05) is 30.1 Å². The summed E-state index contributed by atoms with van der Waals surface area (Å²) in [5.74, 6) is 0.930. The average Bonchev–Trinajstić information content (AvgIpc) is 2.88. The van der Waals surface area contributed by atoms with Gasteiger partial charge in [0.2, 0.25) is 0 Å². The summed E-state index contributed by atoms with van der Waals surface area (Å²) in [6.45, 7) is 6.66. The summed E-state index contributed by atoms with van der Waals surface area (Å²) in [6, 6.07) is 9.05. The van der Waals surface area contributed by atoms with E-state index in [1.165, 1.54) is 6.07 Å². The Morgan fingerprint density at radius 2 is 2.10 bits per heavy atom. The molecule has 1 heterocycles. The van der Waals surface area contributed by atoms with Gasteiger partial charge in [-0.15, -0.1) is 0 Å². The Hall–Kier alpha value is -1.81. The van der Waals surface area contributed by atoms with Gasteiger partial charge in [-0.3, -0.25) is 0 Å². The van der Waals surface area contributed by atoms with E-state index in [4.69, 9.17) is 4.74 Å². The van der Waals surface area contributed by atoms with Gasteiger partial charge in [-0.25, -0.2) is 4.39 Å². The molecule has 0 aliphatic heterocycles. The van der Waals surface area contributed by atoms with Crippen molar-refractivity contribution in [1.29, 1.82) is 0 Å². The van der Waals surface area contributed by atoms with E-state index in [0.717, 1.165) is 18.8 Å². The molecule has 1 N–H and O–H groups in total. The lowest BCUT2D eigenvalue weighted by Gasteiger charge is -2.12. The molecule has 0 aliphatic carbocycles. The van der Waals surface area contributed by atoms with Gasteiger partial charge >= 0.3 is 0 Å². The van der Waals surface area contributed by atoms with Crippen molar-refractivity contribution in [1.82, 2.24) is 9.88 Å². The minimum atomic E-state index is -0.232. The maximum atomic E-state index is 14.0. The number of rotatable bonds is 7. The summed E-state index contributed by atoms with van der Waals surface area (Å²) in [4.78, 5) is 0. The topological polar surface area (TPSA) is 26.2 Å². The van der Waals surface area contributed by atoms with Gasteiger partial charge in [-0.2, -0.15) is 0 Å². The lowest BCUT2D eigenvalue weighted by atomic mass is 10.2. The van der Waals surface area contributed by atoms with E-state index in [1.54, 1.807) is 19.2 Å². The quantitative estimate of drug-likeness (QED) is 0.845. The summed E-state index contributed by atoms with van der Waals surface area (Å²) >= 11 is 0. The maximum absolute atomic E-state index is 14.0. The highest BCUT2D eigenvalue weighted by atomic mass is 19.1. The third kappa shape index (κ3) is 4.33. The zero-order valence-corrected chi connectivity index (χ0v) is 12.9. The predicted molar refractivity (Wildman–Crippen MR) is 83.0 cm³/mol. The molecule has 0 fully saturated rings. The molecule has 0 saturated heterocycles. The first-order valence-electron chi connectivity index (χ1n) is 7.27. The number of nitrogens with one attached hydrogen (secondary N) is 1. The second kappa shape index (κ2) is 7.27. The largest absolute Gasteiger partial charge is 0.497 e. The summed E-state index contributed by atoms with van der Waals surface area (Å²) in [5, 5.41) is 3.41. The molecule has 2 aromatic rings. The SMILES string of the molecule is COc1ccc(Cn2cccc2CNCC(C)C)c(F)c1. The molecule has 0 saturated carbocycles. The van der Waals surface area contributed by atoms with Crippen LogP contribution in [0.5, 0.6) is 5.75 Å². The van der Waals surface area contributed by atoms with Gasteiger partial charge in [0.25, 0.3) is 0 Å². The van der Waals surface area contributed by atoms with Gasteiger partial charge in [0.15, 0.2) is 0 Å². The Morgan fingerprint density at radius 1 is 1.29 bits per heavy atom. The molecule has 1 aromatic heterocycles. The standard InChI is InChI=1S/C17H23FN2O/c1-13(2)10-19-11-15-5-4-8-20(15)12-14-6-7-16(21-3)9-17(14)18/h4-9,13,19H,10-12H2,1-3H3. The van der Waals surface area contributed by atoms with Crippen LogP contribution in [0.3, 0.4) is 0 Å². The summed E-state index contributed by atoms with van der Waals surface area (Å²) < 4.78 is 21.1. The first kappa shape index (κ1) is 15.6. The zero-order chi connectivity index (χ0) is 15.2. The van der Waals surface area contributed by atoms with Crippen LogP contribution in [0.2, 0.25) is 0 Å². The number of aromatic nitrogens is 1. The van der Waals surface area contributed by atoms with Gasteiger partial charge < -0.3 is 14.6 Å². The van der Waals surface area contributed by atoms with E-state index in [1.807, 2.05) is 12.3 Å². The lowest BCUT2D eigenvalue weighted by Crippen LogP contribution is -2.21. The Bertz CT molecular complexity index is 578. The average molecular weight is 290 g/mol. The Morgan fingerprint density at radius 3 is 2.76 bits per heavy atom. The van der Waals surface area contributed by atoms with E-state index in [2.05, 4.69) is 29.8 Å². The van der Waals surface area contributed by atoms with Crippen molar-refractivity contribution in [3.63, 3.8) is 0 Å². The molecule has 0 radical (unpaired) electrons. The van der Waals surface area contributed by atoms with Crippen molar-refractivity contribution < 1.29 is 9.13 Å². The van der Waals surface area contributed by atoms with Crippen LogP contribution in [0, 0.1) is 11.7 Å². The zero-order valence-electron chi connectivity index (χ0n) is 12.9. The van der Waals surface area contributed by atoms with E-state index in [-0.39, 0.29) is 5.82 Å². The first-order valence-corrected chi connectivity index (χ1v) is 7.27. The smallest absolute Gasteiger partial charge is 0.131 e. The number of ether oxygens (including phenoxy) is 1. The predicted octanol–water partition coefficient (Wildman–Crippen LogP) is 3.43. The molecular formula is C17H23FN2O. The summed E-state index contributed by atoms with van der Waals surface area (Å²) in [5.41, 5.74) is 1.82. The normalized spacial score (nSPS) is 11.1. The fraction of sp³-hybridized carbons (Fsp3) is 0.412. The summed E-state index contributed by atoms with van der Waals surface area (Å²) in [7, 11) is 1.54. The van der Waals surface area contributed by atoms with Crippen molar-refractivity contribution in [2.75, 3.05) is 13.7 Å². The first-order chi connectivity index (χ1) is 10.1. The maximum Gasteiger partial charge on any atom is 0.131 e. The second-order valence-corrected chi connectivity index (χ2v) is 5.61. The Labute approximate surface area is 125 Å². The molecule has 0 unspecified atom stereocenters. The second-order valence-electron chi connectivity index (χ2n) is 5.61. The van der Waals surface area contributed by atoms with Crippen molar-refractivity contribution in [3.8, 4) is 5.75 Å². The minimum absolute atomic E-state index is 0.232. The third-order valence-electron chi connectivity index (χ3n) is 3.38. The van der Waals surface area contributed by atoms with Gasteiger partial charge in [-0.05, 0) is 30.7 Å². The van der Waals surface area contributed by atoms with Gasteiger partial charge in [0.1, 0.15) is 11.6 Å². The van der Waals surface area contributed by atoms with Crippen LogP contribution in [0.15, 0.2) is 36.5 Å². The summed E-state index contributed by atoms with van der Waals surface area (Å²) in [6.07, 6.45) is 1.98. The number of methoxy groups -OCH3 is 1. The molecule has 0 atom stereocenters. The molecule has 0 spiro atoms. The van der Waals surface area contributed by atoms with Crippen LogP contribution in [-0.2, 0) is 13.1 Å². The van der Waals surface area contributed by atoms with Crippen LogP contribution in [0.4, 0.5) is 4.39 Å². The molecule has 0 bridgehead atoms. The van der Waals surface area contributed by atoms with Crippen LogP contribution < -0.4 is 10.1 Å². The number of nitrogens with zero attached hydrogens (tertiary/aromatic N) is 1. The third-order valence-corrected chi connectivity index (χ3v) is 3.38. The fourth-order valence-electron chi connectivity index (χ4n) is 2.22. The molecule has 1 aromatic carbocycles. The van der Waals surface area contributed by atoms with Crippen LogP contribution in [0.25, 0.3) is 0 Å². The van der Waals surface area contributed by atoms with Crippen molar-refractivity contribution >= 4 is 0 Å². The fourth-order valence-corrected chi connectivity index (χ4v) is 2.22. The lowest BCUT2D eigenvalue weighted by molar-refractivity contribution is 0.410. The minimum Gasteiger partial charge on any atom is -0.497 e. The molecule has 114 valence electrons. The van der Waals surface area contributed by atoms with Crippen LogP contribution in [0.1, 0.15) is 25.1 Å². The van der Waals surface area contributed by atoms with E-state index in [0.29, 0.717) is 23.8 Å². The highest BCUT2D eigenvalue weighted by Crippen LogP contribution is 2.18. The van der Waals surface area contributed by atoms with Gasteiger partial charge in [-0.1, -0.05) is 19.9 Å². The molecule has 0 amide bonds. The highest BCUT2D eigenvalue weighted by molar-refractivity contribution is 5.29. The van der Waals surface area contributed by atoms with Crippen molar-refractivity contribution in [2.45, 2.75) is 26.9 Å². The monoisotopic (exact) mass is 290 g/mol. The molecular weight excluding hydrogens is 267 g/mol. The molecule has 4 heteroatoms. The van der Waals surface area contributed by atoms with Crippen LogP contribution in [-0.4, -0.2) is 18.2 Å². The Balaban J connectivity index is 2.04. The van der Waals surface area contributed by atoms with E-state index >= 15 is 0 Å². The molecule has 21 heavy (non-hydrogen) atoms. The van der Waals surface area contributed by atoms with E-state index < -0.39 is 0 Å². The van der Waals surface area contributed by atoms with Gasteiger partial charge in [0.05, 0.1) is 13.7 Å². The van der Waals surface area contributed by atoms with E-state index in [9.17, 15) is 4.39 Å².